The zero-order chi connectivity index (χ0) is 34.2. The van der Waals surface area contributed by atoms with Crippen LogP contribution >= 0.6 is 0 Å². The first-order valence-corrected chi connectivity index (χ1v) is 17.1. The number of rotatable bonds is 8. The second-order valence-corrected chi connectivity index (χ2v) is 14.0. The summed E-state index contributed by atoms with van der Waals surface area (Å²) in [5.74, 6) is 0. The Kier molecular flexibility index (Phi) is 8.31. The van der Waals surface area contributed by atoms with Crippen molar-refractivity contribution < 1.29 is 0 Å². The Morgan fingerprint density at radius 2 is 1.35 bits per heavy atom. The molecule has 1 heterocycles. The highest BCUT2D eigenvalue weighted by Gasteiger charge is 2.44. The summed E-state index contributed by atoms with van der Waals surface area (Å²) in [6, 6.07) is 50.0. The Labute approximate surface area is 291 Å². The van der Waals surface area contributed by atoms with E-state index < -0.39 is 5.41 Å². The van der Waals surface area contributed by atoms with Gasteiger partial charge >= 0.3 is 0 Å². The highest BCUT2D eigenvalue weighted by atomic mass is 15.2. The van der Waals surface area contributed by atoms with Crippen molar-refractivity contribution >= 4 is 27.2 Å². The minimum Gasteiger partial charge on any atom is -0.347 e. The molecular formula is C47H42N2. The van der Waals surface area contributed by atoms with Crippen LogP contribution in [0.1, 0.15) is 41.7 Å². The molecule has 0 aromatic heterocycles. The molecule has 0 N–H and O–H groups in total. The van der Waals surface area contributed by atoms with Gasteiger partial charge in [0, 0.05) is 29.3 Å². The predicted molar refractivity (Wildman–Crippen MR) is 207 cm³/mol. The highest BCUT2D eigenvalue weighted by Crippen LogP contribution is 2.52. The lowest BCUT2D eigenvalue weighted by Crippen LogP contribution is -2.29. The third-order valence-electron chi connectivity index (χ3n) is 10.7. The summed E-state index contributed by atoms with van der Waals surface area (Å²) in [5.41, 5.74) is 9.23. The normalized spacial score (nSPS) is 18.0. The molecule has 2 nitrogen and oxygen atoms in total. The van der Waals surface area contributed by atoms with Gasteiger partial charge in [0.05, 0.1) is 11.6 Å². The van der Waals surface area contributed by atoms with Crippen molar-refractivity contribution in [3.05, 3.63) is 197 Å². The van der Waals surface area contributed by atoms with E-state index in [-0.39, 0.29) is 5.41 Å². The Morgan fingerprint density at radius 3 is 2.02 bits per heavy atom. The summed E-state index contributed by atoms with van der Waals surface area (Å²) in [6.45, 7) is 11.6. The van der Waals surface area contributed by atoms with Crippen LogP contribution in [0.2, 0.25) is 0 Å². The van der Waals surface area contributed by atoms with Crippen molar-refractivity contribution in [1.29, 1.82) is 5.26 Å². The maximum atomic E-state index is 10.8. The standard InChI is InChI=1S/C47H42N2/c1-33-24-25-38-20-12-14-22-40(38)44(33)46(3,30-35-16-8-6-9-17-35)34(2)28-37(32-48)29-43-47(4,31-36-18-10-7-11-19-36)45-41-23-15-13-21-39(41)26-27-42(45)49(43)5/h6-29H,2,30-31H2,1,3-5H3/b37-28-,43-29+. The van der Waals surface area contributed by atoms with E-state index in [0.717, 1.165) is 24.1 Å². The zero-order valence-electron chi connectivity index (χ0n) is 28.9. The van der Waals surface area contributed by atoms with E-state index in [2.05, 4.69) is 178 Å². The van der Waals surface area contributed by atoms with Crippen LogP contribution in [0.3, 0.4) is 0 Å². The number of aryl methyl sites for hydroxylation is 1. The lowest BCUT2D eigenvalue weighted by Gasteiger charge is -2.34. The Morgan fingerprint density at radius 1 is 0.776 bits per heavy atom. The zero-order valence-corrected chi connectivity index (χ0v) is 28.9. The summed E-state index contributed by atoms with van der Waals surface area (Å²) in [5, 5.41) is 15.7. The van der Waals surface area contributed by atoms with Crippen LogP contribution in [0.4, 0.5) is 5.69 Å². The third kappa shape index (κ3) is 5.66. The molecule has 240 valence electrons. The molecular weight excluding hydrogens is 593 g/mol. The van der Waals surface area contributed by atoms with E-state index in [4.69, 9.17) is 6.58 Å². The van der Waals surface area contributed by atoms with E-state index in [1.54, 1.807) is 0 Å². The van der Waals surface area contributed by atoms with Gasteiger partial charge in [0.25, 0.3) is 0 Å². The monoisotopic (exact) mass is 634 g/mol. The highest BCUT2D eigenvalue weighted by molar-refractivity contribution is 5.95. The first-order valence-electron chi connectivity index (χ1n) is 17.1. The lowest BCUT2D eigenvalue weighted by atomic mass is 9.68. The van der Waals surface area contributed by atoms with Crippen LogP contribution in [-0.4, -0.2) is 7.05 Å². The molecule has 0 saturated heterocycles. The average molecular weight is 635 g/mol. The molecule has 2 unspecified atom stereocenters. The number of nitriles is 1. The van der Waals surface area contributed by atoms with Crippen molar-refractivity contribution in [2.75, 3.05) is 11.9 Å². The minimum absolute atomic E-state index is 0.372. The van der Waals surface area contributed by atoms with Crippen molar-refractivity contribution in [1.82, 2.24) is 0 Å². The Balaban J connectivity index is 1.39. The molecule has 2 heteroatoms. The van der Waals surface area contributed by atoms with Crippen LogP contribution in [0, 0.1) is 18.3 Å². The molecule has 49 heavy (non-hydrogen) atoms. The average Bonchev–Trinajstić information content (AvgIpc) is 3.33. The van der Waals surface area contributed by atoms with Gasteiger partial charge in [-0.15, -0.1) is 0 Å². The second kappa shape index (κ2) is 12.8. The number of anilines is 1. The van der Waals surface area contributed by atoms with E-state index >= 15 is 0 Å². The fourth-order valence-corrected chi connectivity index (χ4v) is 8.27. The van der Waals surface area contributed by atoms with Gasteiger partial charge in [0.15, 0.2) is 0 Å². The van der Waals surface area contributed by atoms with Crippen LogP contribution in [0.5, 0.6) is 0 Å². The Bertz CT molecular complexity index is 2300. The fourth-order valence-electron chi connectivity index (χ4n) is 8.27. The summed E-state index contributed by atoms with van der Waals surface area (Å²) in [6.07, 6.45) is 5.72. The molecule has 0 bridgehead atoms. The summed E-state index contributed by atoms with van der Waals surface area (Å²) >= 11 is 0. The van der Waals surface area contributed by atoms with Crippen LogP contribution in [0.15, 0.2) is 169 Å². The van der Waals surface area contributed by atoms with Gasteiger partial charge in [-0.3, -0.25) is 0 Å². The third-order valence-corrected chi connectivity index (χ3v) is 10.7. The van der Waals surface area contributed by atoms with Gasteiger partial charge in [-0.2, -0.15) is 5.26 Å². The summed E-state index contributed by atoms with van der Waals surface area (Å²) < 4.78 is 0. The first-order chi connectivity index (χ1) is 23.7. The minimum atomic E-state index is -0.471. The molecule has 0 spiro atoms. The number of hydrogen-bond acceptors (Lipinski definition) is 2. The van der Waals surface area contributed by atoms with Crippen molar-refractivity contribution in [3.63, 3.8) is 0 Å². The molecule has 0 aliphatic carbocycles. The van der Waals surface area contributed by atoms with Crippen LogP contribution < -0.4 is 4.90 Å². The topological polar surface area (TPSA) is 27.0 Å². The van der Waals surface area contributed by atoms with E-state index in [1.807, 2.05) is 6.08 Å². The first kappa shape index (κ1) is 31.9. The second-order valence-electron chi connectivity index (χ2n) is 14.0. The maximum Gasteiger partial charge on any atom is 0.0992 e. The van der Waals surface area contributed by atoms with Gasteiger partial charge in [-0.05, 0) is 99.8 Å². The van der Waals surface area contributed by atoms with Gasteiger partial charge in [-0.25, -0.2) is 0 Å². The van der Waals surface area contributed by atoms with Crippen LogP contribution in [-0.2, 0) is 23.7 Å². The summed E-state index contributed by atoms with van der Waals surface area (Å²) in [4.78, 5) is 2.29. The smallest absolute Gasteiger partial charge is 0.0992 e. The number of likely N-dealkylation sites (N-methyl/N-ethyl adjacent to an activating group) is 1. The number of allylic oxidation sites excluding steroid dienone is 5. The summed E-state index contributed by atoms with van der Waals surface area (Å²) in [7, 11) is 2.14. The molecule has 6 aromatic carbocycles. The molecule has 0 fully saturated rings. The molecule has 7 rings (SSSR count). The van der Waals surface area contributed by atoms with Crippen LogP contribution in [0.25, 0.3) is 21.5 Å². The SMILES string of the molecule is C=C(/C=C(C#N)/C=C1/N(C)c2ccc3ccccc3c2C1(C)Cc1ccccc1)C(C)(Cc1ccccc1)c1c(C)ccc2ccccc12. The van der Waals surface area contributed by atoms with E-state index in [1.165, 1.54) is 55.0 Å². The molecule has 6 aromatic rings. The maximum absolute atomic E-state index is 10.8. The van der Waals surface area contributed by atoms with Gasteiger partial charge in [0.2, 0.25) is 0 Å². The number of benzene rings is 6. The van der Waals surface area contributed by atoms with Gasteiger partial charge in [0.1, 0.15) is 0 Å². The number of fused-ring (bicyclic) bond motifs is 4. The van der Waals surface area contributed by atoms with Gasteiger partial charge in [-0.1, -0.05) is 141 Å². The lowest BCUT2D eigenvalue weighted by molar-refractivity contribution is 0.568. The fraction of sp³-hybridized carbons (Fsp3) is 0.170. The predicted octanol–water partition coefficient (Wildman–Crippen LogP) is 11.3. The Hall–Kier alpha value is -5.65. The molecule has 0 saturated carbocycles. The van der Waals surface area contributed by atoms with E-state index in [0.29, 0.717) is 5.57 Å². The van der Waals surface area contributed by atoms with Crippen molar-refractivity contribution in [2.24, 2.45) is 0 Å². The number of hydrogen-bond donors (Lipinski definition) is 0. The van der Waals surface area contributed by atoms with Crippen molar-refractivity contribution in [2.45, 2.75) is 44.4 Å². The molecule has 1 aliphatic rings. The van der Waals surface area contributed by atoms with Crippen molar-refractivity contribution in [3.8, 4) is 6.07 Å². The van der Waals surface area contributed by atoms with E-state index in [9.17, 15) is 5.26 Å². The largest absolute Gasteiger partial charge is 0.347 e. The molecule has 2 atom stereocenters. The quantitative estimate of drug-likeness (QED) is 0.123. The van der Waals surface area contributed by atoms with Gasteiger partial charge < -0.3 is 4.90 Å². The molecule has 0 radical (unpaired) electrons. The molecule has 0 amide bonds. The number of nitrogens with zero attached hydrogens (tertiary/aromatic N) is 2. The molecule has 1 aliphatic heterocycles.